The van der Waals surface area contributed by atoms with Crippen molar-refractivity contribution in [3.05, 3.63) is 53.4 Å². The van der Waals surface area contributed by atoms with E-state index in [4.69, 9.17) is 9.84 Å². The first-order valence-corrected chi connectivity index (χ1v) is 12.5. The van der Waals surface area contributed by atoms with Crippen LogP contribution in [-0.2, 0) is 11.2 Å². The third-order valence-electron chi connectivity index (χ3n) is 5.45. The van der Waals surface area contributed by atoms with Crippen LogP contribution in [0.1, 0.15) is 45.4 Å². The number of methoxy groups -OCH3 is 1. The Labute approximate surface area is 200 Å². The van der Waals surface area contributed by atoms with E-state index in [2.05, 4.69) is 46.1 Å². The van der Waals surface area contributed by atoms with Crippen molar-refractivity contribution in [2.45, 2.75) is 51.1 Å². The van der Waals surface area contributed by atoms with Crippen LogP contribution in [0.25, 0.3) is 5.69 Å². The fraction of sp³-hybridized carbons (Fsp3) is 0.480. The summed E-state index contributed by atoms with van der Waals surface area (Å²) in [6.07, 6.45) is 8.40. The summed E-state index contributed by atoms with van der Waals surface area (Å²) < 4.78 is 7.54. The molecular weight excluding hydrogens is 436 g/mol. The van der Waals surface area contributed by atoms with Crippen LogP contribution in [0, 0.1) is 5.92 Å². The highest BCUT2D eigenvalue weighted by Gasteiger charge is 2.17. The van der Waals surface area contributed by atoms with Crippen LogP contribution in [-0.4, -0.2) is 51.8 Å². The molecule has 0 saturated heterocycles. The van der Waals surface area contributed by atoms with Gasteiger partial charge in [0.25, 0.3) is 0 Å². The summed E-state index contributed by atoms with van der Waals surface area (Å²) >= 11 is 1.71. The lowest BCUT2D eigenvalue weighted by molar-refractivity contribution is -0.121. The summed E-state index contributed by atoms with van der Waals surface area (Å²) in [7, 11) is 1.66. The molecule has 3 rings (SSSR count). The number of nitrogens with zero attached hydrogens (tertiary/aromatic N) is 3. The Kier molecular flexibility index (Phi) is 9.57. The van der Waals surface area contributed by atoms with Crippen molar-refractivity contribution in [3.8, 4) is 11.4 Å². The number of hydrogen-bond acceptors (Lipinski definition) is 6. The SMILES string of the molecule is COc1cccc(-n2c(CCCCC(=O)NCCO)nnc2SCC2=CC(C)=CC(C)C2)c1. The van der Waals surface area contributed by atoms with Gasteiger partial charge in [-0.15, -0.1) is 10.2 Å². The van der Waals surface area contributed by atoms with Gasteiger partial charge in [0.2, 0.25) is 5.91 Å². The molecule has 0 saturated carbocycles. The topological polar surface area (TPSA) is 89.3 Å². The maximum absolute atomic E-state index is 11.8. The molecule has 0 aliphatic heterocycles. The third kappa shape index (κ3) is 7.47. The van der Waals surface area contributed by atoms with Gasteiger partial charge < -0.3 is 15.2 Å². The van der Waals surface area contributed by atoms with Gasteiger partial charge in [0, 0.05) is 31.2 Å². The zero-order valence-electron chi connectivity index (χ0n) is 19.7. The Morgan fingerprint density at radius 1 is 1.33 bits per heavy atom. The summed E-state index contributed by atoms with van der Waals surface area (Å²) in [5.41, 5.74) is 3.71. The van der Waals surface area contributed by atoms with Crippen molar-refractivity contribution in [2.24, 2.45) is 5.92 Å². The number of amides is 1. The number of allylic oxidation sites excluding steroid dienone is 3. The molecule has 1 unspecified atom stereocenters. The lowest BCUT2D eigenvalue weighted by Crippen LogP contribution is -2.25. The quantitative estimate of drug-likeness (QED) is 0.359. The molecule has 1 aliphatic rings. The van der Waals surface area contributed by atoms with Crippen LogP contribution in [0.3, 0.4) is 0 Å². The number of aliphatic hydroxyl groups excluding tert-OH is 1. The third-order valence-corrected chi connectivity index (χ3v) is 6.49. The van der Waals surface area contributed by atoms with E-state index in [9.17, 15) is 4.79 Å². The van der Waals surface area contributed by atoms with Crippen LogP contribution in [0.5, 0.6) is 5.75 Å². The van der Waals surface area contributed by atoms with Crippen molar-refractivity contribution in [1.29, 1.82) is 0 Å². The summed E-state index contributed by atoms with van der Waals surface area (Å²) in [6.45, 7) is 4.67. The van der Waals surface area contributed by atoms with Gasteiger partial charge in [-0.1, -0.05) is 48.1 Å². The molecule has 1 atom stereocenters. The molecule has 1 heterocycles. The Bertz CT molecular complexity index is 999. The number of rotatable bonds is 12. The van der Waals surface area contributed by atoms with Crippen molar-refractivity contribution < 1.29 is 14.6 Å². The highest BCUT2D eigenvalue weighted by Crippen LogP contribution is 2.30. The monoisotopic (exact) mass is 470 g/mol. The Balaban J connectivity index is 1.72. The fourth-order valence-electron chi connectivity index (χ4n) is 4.03. The van der Waals surface area contributed by atoms with Crippen LogP contribution in [0.15, 0.2) is 52.7 Å². The number of carbonyl (C=O) groups is 1. The molecule has 1 amide bonds. The molecule has 1 aliphatic carbocycles. The van der Waals surface area contributed by atoms with Crippen molar-refractivity contribution >= 4 is 17.7 Å². The minimum atomic E-state index is -0.0402. The highest BCUT2D eigenvalue weighted by molar-refractivity contribution is 7.99. The minimum absolute atomic E-state index is 0.0334. The van der Waals surface area contributed by atoms with Crippen LogP contribution in [0.2, 0.25) is 0 Å². The zero-order chi connectivity index (χ0) is 23.6. The normalized spacial score (nSPS) is 15.7. The number of aromatic nitrogens is 3. The minimum Gasteiger partial charge on any atom is -0.497 e. The van der Waals surface area contributed by atoms with Gasteiger partial charge in [-0.3, -0.25) is 9.36 Å². The van der Waals surface area contributed by atoms with Gasteiger partial charge in [-0.05, 0) is 44.2 Å². The van der Waals surface area contributed by atoms with Crippen molar-refractivity contribution in [2.75, 3.05) is 26.0 Å². The van der Waals surface area contributed by atoms with Crippen LogP contribution < -0.4 is 10.1 Å². The second-order valence-electron chi connectivity index (χ2n) is 8.40. The molecule has 33 heavy (non-hydrogen) atoms. The number of benzene rings is 1. The smallest absolute Gasteiger partial charge is 0.220 e. The van der Waals surface area contributed by atoms with E-state index in [1.807, 2.05) is 24.3 Å². The van der Waals surface area contributed by atoms with Gasteiger partial charge in [-0.2, -0.15) is 0 Å². The predicted octanol–water partition coefficient (Wildman–Crippen LogP) is 4.10. The maximum atomic E-state index is 11.8. The average molecular weight is 471 g/mol. The first-order chi connectivity index (χ1) is 16.0. The number of ether oxygens (including phenoxy) is 1. The maximum Gasteiger partial charge on any atom is 0.220 e. The molecule has 178 valence electrons. The van der Waals surface area contributed by atoms with E-state index in [0.717, 1.165) is 53.9 Å². The summed E-state index contributed by atoms with van der Waals surface area (Å²) in [5.74, 6) is 3.07. The van der Waals surface area contributed by atoms with Crippen LogP contribution in [0.4, 0.5) is 0 Å². The molecule has 7 nitrogen and oxygen atoms in total. The van der Waals surface area contributed by atoms with Crippen molar-refractivity contribution in [1.82, 2.24) is 20.1 Å². The molecule has 2 N–H and O–H groups in total. The lowest BCUT2D eigenvalue weighted by atomic mass is 9.93. The molecule has 8 heteroatoms. The zero-order valence-corrected chi connectivity index (χ0v) is 20.5. The first kappa shape index (κ1) is 25.1. The van der Waals surface area contributed by atoms with Gasteiger partial charge >= 0.3 is 0 Å². The second kappa shape index (κ2) is 12.6. The number of nitrogens with one attached hydrogen (secondary N) is 1. The number of aryl methyl sites for hydroxylation is 1. The number of aliphatic hydroxyl groups is 1. The van der Waals surface area contributed by atoms with E-state index in [-0.39, 0.29) is 12.5 Å². The van der Waals surface area contributed by atoms with E-state index in [1.165, 1.54) is 11.1 Å². The molecule has 1 aromatic heterocycles. The van der Waals surface area contributed by atoms with Crippen molar-refractivity contribution in [3.63, 3.8) is 0 Å². The molecule has 2 aromatic rings. The Hall–Kier alpha value is -2.58. The molecule has 0 fully saturated rings. The van der Waals surface area contributed by atoms with Gasteiger partial charge in [0.1, 0.15) is 11.6 Å². The summed E-state index contributed by atoms with van der Waals surface area (Å²) in [4.78, 5) is 11.8. The second-order valence-corrected chi connectivity index (χ2v) is 9.34. The van der Waals surface area contributed by atoms with E-state index >= 15 is 0 Å². The fourth-order valence-corrected chi connectivity index (χ4v) is 4.98. The van der Waals surface area contributed by atoms with Gasteiger partial charge in [0.15, 0.2) is 5.16 Å². The summed E-state index contributed by atoms with van der Waals surface area (Å²) in [5, 5.41) is 21.4. The average Bonchev–Trinajstić information content (AvgIpc) is 3.21. The number of carbonyl (C=O) groups excluding carboxylic acids is 1. The van der Waals surface area contributed by atoms with E-state index < -0.39 is 0 Å². The van der Waals surface area contributed by atoms with Gasteiger partial charge in [-0.25, -0.2) is 0 Å². The summed E-state index contributed by atoms with van der Waals surface area (Å²) in [6, 6.07) is 7.93. The van der Waals surface area contributed by atoms with Crippen LogP contribution >= 0.6 is 11.8 Å². The Morgan fingerprint density at radius 3 is 2.94 bits per heavy atom. The molecule has 0 spiro atoms. The first-order valence-electron chi connectivity index (χ1n) is 11.5. The number of hydrogen-bond donors (Lipinski definition) is 2. The van der Waals surface area contributed by atoms with E-state index in [0.29, 0.717) is 18.9 Å². The standard InChI is InChI=1S/C25H34N4O3S/c1-18-13-19(2)15-20(14-18)17-33-25-28-27-23(9-4-5-10-24(31)26-11-12-30)29(25)21-7-6-8-22(16-21)32-3/h6-8,13-14,16,19,30H,4-5,9-12,15,17H2,1-3H3,(H,26,31). The molecule has 1 aromatic carbocycles. The predicted molar refractivity (Wildman–Crippen MR) is 132 cm³/mol. The largest absolute Gasteiger partial charge is 0.497 e. The number of unbranched alkanes of at least 4 members (excludes halogenated alkanes) is 1. The Morgan fingerprint density at radius 2 is 2.18 bits per heavy atom. The molecule has 0 bridgehead atoms. The number of thioether (sulfide) groups is 1. The van der Waals surface area contributed by atoms with Gasteiger partial charge in [0.05, 0.1) is 19.4 Å². The molecule has 0 radical (unpaired) electrons. The van der Waals surface area contributed by atoms with E-state index in [1.54, 1.807) is 18.9 Å². The highest BCUT2D eigenvalue weighted by atomic mass is 32.2. The lowest BCUT2D eigenvalue weighted by Gasteiger charge is -2.17. The molecular formula is C25H34N4O3S.